The average molecular weight is 221 g/mol. The van der Waals surface area contributed by atoms with Crippen LogP contribution < -0.4 is 0 Å². The second-order valence-corrected chi connectivity index (χ2v) is 5.96. The minimum absolute atomic E-state index is 0.519. The van der Waals surface area contributed by atoms with E-state index in [1.165, 1.54) is 30.4 Å². The van der Waals surface area contributed by atoms with Crippen molar-refractivity contribution in [3.05, 3.63) is 34.9 Å². The summed E-state index contributed by atoms with van der Waals surface area (Å²) in [6.45, 7) is 4.47. The Kier molecular flexibility index (Phi) is 1.81. The van der Waals surface area contributed by atoms with Gasteiger partial charge in [0.2, 0.25) is 0 Å². The Morgan fingerprint density at radius 1 is 1.20 bits per heavy atom. The second-order valence-electron chi connectivity index (χ2n) is 5.69. The number of halogens is 1. The van der Waals surface area contributed by atoms with Crippen LogP contribution in [0.15, 0.2) is 18.2 Å². The van der Waals surface area contributed by atoms with Gasteiger partial charge < -0.3 is 0 Å². The van der Waals surface area contributed by atoms with Crippen LogP contribution in [-0.2, 0) is 5.41 Å². The summed E-state index contributed by atoms with van der Waals surface area (Å²) in [6.07, 6.45) is 3.98. The van der Waals surface area contributed by atoms with Crippen LogP contribution in [0.25, 0.3) is 0 Å². The van der Waals surface area contributed by atoms with Gasteiger partial charge in [-0.1, -0.05) is 18.2 Å². The van der Waals surface area contributed by atoms with Gasteiger partial charge in [0.25, 0.3) is 0 Å². The molecule has 4 rings (SSSR count). The van der Waals surface area contributed by atoms with Crippen molar-refractivity contribution in [2.45, 2.75) is 38.5 Å². The Morgan fingerprint density at radius 2 is 1.87 bits per heavy atom. The lowest BCUT2D eigenvalue weighted by Crippen LogP contribution is -2.65. The molecule has 0 spiro atoms. The summed E-state index contributed by atoms with van der Waals surface area (Å²) >= 11 is 6.00. The Hall–Kier alpha value is -0.490. The summed E-state index contributed by atoms with van der Waals surface area (Å²) < 4.78 is 0. The molecular weight excluding hydrogens is 204 g/mol. The molecular formula is C14H17Cl. The third-order valence-corrected chi connectivity index (χ3v) is 5.17. The number of aryl methyl sites for hydroxylation is 1. The van der Waals surface area contributed by atoms with E-state index in [1.807, 2.05) is 0 Å². The monoisotopic (exact) mass is 220 g/mol. The molecule has 0 saturated heterocycles. The molecule has 0 unspecified atom stereocenters. The van der Waals surface area contributed by atoms with E-state index in [-0.39, 0.29) is 0 Å². The van der Waals surface area contributed by atoms with Crippen LogP contribution in [0.3, 0.4) is 0 Å². The van der Waals surface area contributed by atoms with Gasteiger partial charge in [-0.25, -0.2) is 0 Å². The quantitative estimate of drug-likeness (QED) is 0.662. The van der Waals surface area contributed by atoms with Crippen LogP contribution in [0.5, 0.6) is 0 Å². The molecule has 0 amide bonds. The molecule has 0 radical (unpaired) electrons. The lowest BCUT2D eigenvalue weighted by Gasteiger charge is -2.71. The van der Waals surface area contributed by atoms with Crippen LogP contribution in [-0.4, -0.2) is 5.88 Å². The number of alkyl halides is 1. The first-order chi connectivity index (χ1) is 7.11. The Bertz CT molecular complexity index is 400. The molecule has 2 bridgehead atoms. The highest BCUT2D eigenvalue weighted by atomic mass is 35.5. The summed E-state index contributed by atoms with van der Waals surface area (Å²) in [7, 11) is 0. The minimum atomic E-state index is 0.519. The number of hydrogen-bond donors (Lipinski definition) is 0. The highest BCUT2D eigenvalue weighted by Crippen LogP contribution is 2.74. The molecule has 0 aliphatic heterocycles. The zero-order valence-electron chi connectivity index (χ0n) is 9.44. The topological polar surface area (TPSA) is 0 Å². The van der Waals surface area contributed by atoms with Crippen LogP contribution in [0.4, 0.5) is 0 Å². The number of rotatable bonds is 2. The highest BCUT2D eigenvalue weighted by Gasteiger charge is 2.67. The first-order valence-corrected chi connectivity index (χ1v) is 6.27. The van der Waals surface area contributed by atoms with Crippen molar-refractivity contribution in [1.82, 2.24) is 0 Å². The molecule has 1 aromatic carbocycles. The molecule has 1 heteroatoms. The molecule has 3 aliphatic carbocycles. The van der Waals surface area contributed by atoms with Crippen molar-refractivity contribution in [3.63, 3.8) is 0 Å². The molecule has 0 heterocycles. The van der Waals surface area contributed by atoms with Crippen molar-refractivity contribution in [2.75, 3.05) is 5.88 Å². The fourth-order valence-electron chi connectivity index (χ4n) is 3.75. The third kappa shape index (κ3) is 1.09. The predicted octanol–water partition coefficient (Wildman–Crippen LogP) is 3.96. The zero-order chi connectivity index (χ0) is 10.7. The molecule has 1 aromatic rings. The fraction of sp³-hybridized carbons (Fsp3) is 0.571. The molecule has 80 valence electrons. The molecule has 3 aliphatic rings. The maximum Gasteiger partial charge on any atom is 0.0280 e. The minimum Gasteiger partial charge on any atom is -0.126 e. The molecule has 3 fully saturated rings. The van der Waals surface area contributed by atoms with E-state index in [4.69, 9.17) is 11.6 Å². The van der Waals surface area contributed by atoms with Gasteiger partial charge in [-0.3, -0.25) is 0 Å². The fourth-order valence-corrected chi connectivity index (χ4v) is 4.03. The molecule has 0 N–H and O–H groups in total. The lowest BCUT2D eigenvalue weighted by molar-refractivity contribution is -0.122. The maximum absolute atomic E-state index is 6.00. The SMILES string of the molecule is Cc1cccc(C23CC(CCl)(C2)C3)c1C. The zero-order valence-corrected chi connectivity index (χ0v) is 10.2. The van der Waals surface area contributed by atoms with Crippen LogP contribution in [0.1, 0.15) is 36.0 Å². The van der Waals surface area contributed by atoms with Gasteiger partial charge in [-0.2, -0.15) is 0 Å². The Morgan fingerprint density at radius 3 is 2.47 bits per heavy atom. The summed E-state index contributed by atoms with van der Waals surface area (Å²) in [5.41, 5.74) is 5.56. The van der Waals surface area contributed by atoms with Gasteiger partial charge in [0, 0.05) is 5.88 Å². The highest BCUT2D eigenvalue weighted by molar-refractivity contribution is 6.18. The van der Waals surface area contributed by atoms with Gasteiger partial charge in [0.15, 0.2) is 0 Å². The summed E-state index contributed by atoms with van der Waals surface area (Å²) in [5.74, 6) is 0.861. The van der Waals surface area contributed by atoms with E-state index in [0.717, 1.165) is 5.88 Å². The first kappa shape index (κ1) is 9.72. The van der Waals surface area contributed by atoms with E-state index >= 15 is 0 Å². The van der Waals surface area contributed by atoms with E-state index in [2.05, 4.69) is 32.0 Å². The van der Waals surface area contributed by atoms with E-state index in [9.17, 15) is 0 Å². The van der Waals surface area contributed by atoms with Crippen molar-refractivity contribution < 1.29 is 0 Å². The predicted molar refractivity (Wildman–Crippen MR) is 64.6 cm³/mol. The molecule has 0 atom stereocenters. The Labute approximate surface area is 96.6 Å². The van der Waals surface area contributed by atoms with E-state index < -0.39 is 0 Å². The number of benzene rings is 1. The summed E-state index contributed by atoms with van der Waals surface area (Å²) in [6, 6.07) is 6.73. The summed E-state index contributed by atoms with van der Waals surface area (Å²) in [5, 5.41) is 0. The largest absolute Gasteiger partial charge is 0.126 e. The van der Waals surface area contributed by atoms with Gasteiger partial charge >= 0.3 is 0 Å². The van der Waals surface area contributed by atoms with E-state index in [0.29, 0.717) is 10.8 Å². The average Bonchev–Trinajstić information content (AvgIpc) is 2.08. The van der Waals surface area contributed by atoms with Crippen molar-refractivity contribution >= 4 is 11.6 Å². The van der Waals surface area contributed by atoms with E-state index in [1.54, 1.807) is 5.56 Å². The van der Waals surface area contributed by atoms with Crippen LogP contribution in [0.2, 0.25) is 0 Å². The molecule has 0 aromatic heterocycles. The lowest BCUT2D eigenvalue weighted by atomic mass is 9.34. The Balaban J connectivity index is 1.94. The van der Waals surface area contributed by atoms with Gasteiger partial charge in [-0.05, 0) is 60.6 Å². The molecule has 0 nitrogen and oxygen atoms in total. The molecule has 3 saturated carbocycles. The third-order valence-electron chi connectivity index (χ3n) is 4.60. The smallest absolute Gasteiger partial charge is 0.0280 e. The maximum atomic E-state index is 6.00. The van der Waals surface area contributed by atoms with Crippen LogP contribution >= 0.6 is 11.6 Å². The van der Waals surface area contributed by atoms with Gasteiger partial charge in [0.05, 0.1) is 0 Å². The normalized spacial score (nSPS) is 37.0. The second kappa shape index (κ2) is 2.79. The molecule has 15 heavy (non-hydrogen) atoms. The summed E-state index contributed by atoms with van der Waals surface area (Å²) in [4.78, 5) is 0. The van der Waals surface area contributed by atoms with Gasteiger partial charge in [0.1, 0.15) is 0 Å². The van der Waals surface area contributed by atoms with Crippen molar-refractivity contribution in [2.24, 2.45) is 5.41 Å². The number of hydrogen-bond acceptors (Lipinski definition) is 0. The first-order valence-electron chi connectivity index (χ1n) is 5.74. The van der Waals surface area contributed by atoms with Crippen LogP contribution in [0, 0.1) is 19.3 Å². The van der Waals surface area contributed by atoms with Gasteiger partial charge in [-0.15, -0.1) is 11.6 Å². The van der Waals surface area contributed by atoms with Crippen molar-refractivity contribution in [1.29, 1.82) is 0 Å². The standard InChI is InChI=1S/C14H17Cl/c1-10-4-3-5-12(11(10)2)14-6-13(7-14,8-14)9-15/h3-5H,6-9H2,1-2H3. The van der Waals surface area contributed by atoms with Crippen molar-refractivity contribution in [3.8, 4) is 0 Å².